The number of likely N-dealkylation sites (N-methyl/N-ethyl adjacent to an activating group) is 1. The molecule has 0 atom stereocenters. The summed E-state index contributed by atoms with van der Waals surface area (Å²) in [6, 6.07) is 16.3. The lowest BCUT2D eigenvalue weighted by molar-refractivity contribution is -0.108. The molecule has 2 heterocycles. The summed E-state index contributed by atoms with van der Waals surface area (Å²) in [7, 11) is 2.01. The van der Waals surface area contributed by atoms with Crippen LogP contribution >= 0.6 is 0 Å². The molecular weight excluding hydrogens is 430 g/mol. The highest BCUT2D eigenvalue weighted by molar-refractivity contribution is 5.98. The lowest BCUT2D eigenvalue weighted by Crippen LogP contribution is -2.39. The van der Waals surface area contributed by atoms with Crippen molar-refractivity contribution in [2.75, 3.05) is 39.9 Å². The molecule has 1 amide bonds. The average Bonchev–Trinajstić information content (AvgIpc) is 3.57. The Morgan fingerprint density at radius 1 is 1.15 bits per heavy atom. The molecular formula is C27H31N3O4. The molecule has 34 heavy (non-hydrogen) atoms. The van der Waals surface area contributed by atoms with Gasteiger partial charge in [0.25, 0.3) is 5.91 Å². The van der Waals surface area contributed by atoms with E-state index in [2.05, 4.69) is 28.1 Å². The van der Waals surface area contributed by atoms with Crippen molar-refractivity contribution in [3.05, 3.63) is 65.4 Å². The Bertz CT molecular complexity index is 1170. The Labute approximate surface area is 199 Å². The highest BCUT2D eigenvalue weighted by atomic mass is 16.6. The van der Waals surface area contributed by atoms with E-state index in [0.29, 0.717) is 37.9 Å². The Morgan fingerprint density at radius 3 is 2.74 bits per heavy atom. The third kappa shape index (κ3) is 5.32. The van der Waals surface area contributed by atoms with Crippen LogP contribution in [0.5, 0.6) is 5.75 Å². The predicted octanol–water partition coefficient (Wildman–Crippen LogP) is 3.60. The van der Waals surface area contributed by atoms with E-state index in [1.54, 1.807) is 4.90 Å². The molecule has 2 aromatic carbocycles. The number of hydrogen-bond acceptors (Lipinski definition) is 5. The van der Waals surface area contributed by atoms with Gasteiger partial charge in [-0.1, -0.05) is 18.2 Å². The van der Waals surface area contributed by atoms with E-state index in [0.717, 1.165) is 35.0 Å². The van der Waals surface area contributed by atoms with E-state index in [-0.39, 0.29) is 18.6 Å². The Kier molecular flexibility index (Phi) is 6.65. The maximum absolute atomic E-state index is 13.2. The van der Waals surface area contributed by atoms with Gasteiger partial charge < -0.3 is 29.1 Å². The monoisotopic (exact) mass is 461 g/mol. The summed E-state index contributed by atoms with van der Waals surface area (Å²) in [6.45, 7) is 3.19. The van der Waals surface area contributed by atoms with Crippen molar-refractivity contribution in [3.63, 3.8) is 0 Å². The molecule has 1 aliphatic heterocycles. The molecule has 0 spiro atoms. The van der Waals surface area contributed by atoms with Gasteiger partial charge in [0, 0.05) is 30.5 Å². The summed E-state index contributed by atoms with van der Waals surface area (Å²) >= 11 is 0. The zero-order chi connectivity index (χ0) is 23.5. The van der Waals surface area contributed by atoms with Gasteiger partial charge in [-0.05, 0) is 67.3 Å². The van der Waals surface area contributed by atoms with Gasteiger partial charge in [-0.3, -0.25) is 4.79 Å². The first-order valence-electron chi connectivity index (χ1n) is 12.0. The molecule has 0 unspecified atom stereocenters. The molecule has 178 valence electrons. The summed E-state index contributed by atoms with van der Waals surface area (Å²) in [5, 5.41) is 1.05. The minimum Gasteiger partial charge on any atom is -0.486 e. The zero-order valence-electron chi connectivity index (χ0n) is 19.5. The minimum absolute atomic E-state index is 0.0716. The smallest absolute Gasteiger partial charge is 0.270 e. The molecule has 2 aliphatic rings. The molecule has 0 bridgehead atoms. The number of carbonyl (C=O) groups is 2. The van der Waals surface area contributed by atoms with E-state index in [4.69, 9.17) is 9.47 Å². The van der Waals surface area contributed by atoms with Crippen molar-refractivity contribution in [2.24, 2.45) is 0 Å². The number of rotatable bonds is 11. The zero-order valence-corrected chi connectivity index (χ0v) is 19.5. The maximum Gasteiger partial charge on any atom is 0.270 e. The number of carbonyl (C=O) groups excluding carboxylic acids is 2. The number of aromatic amines is 1. The molecule has 1 N–H and O–H groups in total. The number of hydrogen-bond donors (Lipinski definition) is 1. The van der Waals surface area contributed by atoms with Crippen molar-refractivity contribution >= 4 is 23.1 Å². The number of H-pyrrole nitrogens is 1. The van der Waals surface area contributed by atoms with Gasteiger partial charge in [-0.15, -0.1) is 0 Å². The van der Waals surface area contributed by atoms with Gasteiger partial charge >= 0.3 is 0 Å². The van der Waals surface area contributed by atoms with Crippen molar-refractivity contribution in [3.8, 4) is 5.75 Å². The minimum atomic E-state index is -0.150. The highest BCUT2D eigenvalue weighted by Gasteiger charge is 2.24. The van der Waals surface area contributed by atoms with E-state index in [1.807, 2.05) is 37.4 Å². The quantitative estimate of drug-likeness (QED) is 0.442. The number of aldehydes is 1. The van der Waals surface area contributed by atoms with Crippen molar-refractivity contribution in [2.45, 2.75) is 31.4 Å². The summed E-state index contributed by atoms with van der Waals surface area (Å²) in [6.07, 6.45) is 3.42. The second-order valence-corrected chi connectivity index (χ2v) is 9.38. The van der Waals surface area contributed by atoms with Crippen LogP contribution in [-0.4, -0.2) is 73.0 Å². The molecule has 1 aromatic heterocycles. The molecule has 7 nitrogen and oxygen atoms in total. The van der Waals surface area contributed by atoms with Crippen LogP contribution < -0.4 is 4.74 Å². The third-order valence-corrected chi connectivity index (χ3v) is 6.52. The van der Waals surface area contributed by atoms with Crippen molar-refractivity contribution in [1.82, 2.24) is 14.8 Å². The fraction of sp³-hybridized carbons (Fsp3) is 0.407. The SMILES string of the molecule is CN(CCN(CC=O)C(=O)c1cc2cc(C3CC3)ccc2[nH]1)Cc1cccc(OC2COC2)c1. The molecule has 1 aliphatic carbocycles. The van der Waals surface area contributed by atoms with E-state index in [1.165, 1.54) is 18.4 Å². The van der Waals surface area contributed by atoms with Gasteiger partial charge in [0.1, 0.15) is 23.8 Å². The van der Waals surface area contributed by atoms with Crippen LogP contribution in [0.15, 0.2) is 48.5 Å². The largest absolute Gasteiger partial charge is 0.486 e. The lowest BCUT2D eigenvalue weighted by atomic mass is 10.1. The number of nitrogens with one attached hydrogen (secondary N) is 1. The van der Waals surface area contributed by atoms with Crippen LogP contribution in [0, 0.1) is 0 Å². The maximum atomic E-state index is 13.2. The van der Waals surface area contributed by atoms with Crippen LogP contribution in [0.25, 0.3) is 10.9 Å². The first-order valence-corrected chi connectivity index (χ1v) is 12.0. The number of ether oxygens (including phenoxy) is 2. The van der Waals surface area contributed by atoms with Crippen LogP contribution in [-0.2, 0) is 16.1 Å². The normalized spacial score (nSPS) is 15.9. The molecule has 1 saturated carbocycles. The number of amides is 1. The fourth-order valence-electron chi connectivity index (χ4n) is 4.35. The van der Waals surface area contributed by atoms with Gasteiger partial charge in [0.05, 0.1) is 19.8 Å². The number of fused-ring (bicyclic) bond motifs is 1. The second-order valence-electron chi connectivity index (χ2n) is 9.38. The summed E-state index contributed by atoms with van der Waals surface area (Å²) in [5.74, 6) is 1.36. The third-order valence-electron chi connectivity index (χ3n) is 6.52. The van der Waals surface area contributed by atoms with Crippen LogP contribution in [0.3, 0.4) is 0 Å². The first-order chi connectivity index (χ1) is 16.6. The molecule has 2 fully saturated rings. The van der Waals surface area contributed by atoms with E-state index >= 15 is 0 Å². The summed E-state index contributed by atoms with van der Waals surface area (Å²) in [5.41, 5.74) is 3.95. The molecule has 7 heteroatoms. The standard InChI is InChI=1S/C27H31N3O4/c1-29(16-19-3-2-4-23(13-19)34-24-17-33-18-24)9-10-30(11-12-31)27(32)26-15-22-14-21(20-5-6-20)7-8-25(22)28-26/h2-4,7-8,12-15,20,24,28H,5-6,9-11,16-18H2,1H3. The summed E-state index contributed by atoms with van der Waals surface area (Å²) in [4.78, 5) is 31.5. The van der Waals surface area contributed by atoms with Crippen LogP contribution in [0.4, 0.5) is 0 Å². The fourth-order valence-corrected chi connectivity index (χ4v) is 4.35. The van der Waals surface area contributed by atoms with Gasteiger partial charge in [0.15, 0.2) is 0 Å². The number of aromatic nitrogens is 1. The van der Waals surface area contributed by atoms with E-state index < -0.39 is 0 Å². The molecule has 5 rings (SSSR count). The number of nitrogens with zero attached hydrogens (tertiary/aromatic N) is 2. The topological polar surface area (TPSA) is 74.9 Å². The van der Waals surface area contributed by atoms with Crippen molar-refractivity contribution in [1.29, 1.82) is 0 Å². The van der Waals surface area contributed by atoms with Crippen LogP contribution in [0.2, 0.25) is 0 Å². The second kappa shape index (κ2) is 9.99. The highest BCUT2D eigenvalue weighted by Crippen LogP contribution is 2.40. The van der Waals surface area contributed by atoms with E-state index in [9.17, 15) is 9.59 Å². The average molecular weight is 462 g/mol. The van der Waals surface area contributed by atoms with Gasteiger partial charge in [-0.25, -0.2) is 0 Å². The predicted molar refractivity (Wildman–Crippen MR) is 130 cm³/mol. The summed E-state index contributed by atoms with van der Waals surface area (Å²) < 4.78 is 11.1. The van der Waals surface area contributed by atoms with Crippen LogP contribution in [0.1, 0.15) is 40.4 Å². The molecule has 0 radical (unpaired) electrons. The first kappa shape index (κ1) is 22.6. The number of benzene rings is 2. The Hall–Kier alpha value is -3.16. The lowest BCUT2D eigenvalue weighted by Gasteiger charge is -2.27. The molecule has 1 saturated heterocycles. The Balaban J connectivity index is 1.19. The Morgan fingerprint density at radius 2 is 2.00 bits per heavy atom. The van der Waals surface area contributed by atoms with Gasteiger partial charge in [-0.2, -0.15) is 0 Å². The van der Waals surface area contributed by atoms with Crippen molar-refractivity contribution < 1.29 is 19.1 Å². The van der Waals surface area contributed by atoms with Gasteiger partial charge in [0.2, 0.25) is 0 Å². The molecule has 3 aromatic rings.